The fourth-order valence-electron chi connectivity index (χ4n) is 1.50. The second-order valence-corrected chi connectivity index (χ2v) is 4.72. The molecule has 0 radical (unpaired) electrons. The van der Waals surface area contributed by atoms with E-state index >= 15 is 0 Å². The summed E-state index contributed by atoms with van der Waals surface area (Å²) in [6, 6.07) is 0. The van der Waals surface area contributed by atoms with Crippen molar-refractivity contribution in [3.8, 4) is 5.19 Å². The smallest absolute Gasteiger partial charge is 0.321 e. The molecule has 1 unspecified atom stereocenters. The number of thiazole rings is 1. The van der Waals surface area contributed by atoms with Crippen LogP contribution in [0.2, 0.25) is 5.15 Å². The molecule has 1 N–H and O–H groups in total. The first-order valence-electron chi connectivity index (χ1n) is 4.17. The zero-order chi connectivity index (χ0) is 12.1. The molecule has 1 saturated carbocycles. The highest BCUT2D eigenvalue weighted by Crippen LogP contribution is 2.64. The molecule has 0 amide bonds. The summed E-state index contributed by atoms with van der Waals surface area (Å²) in [4.78, 5) is 14.4. The van der Waals surface area contributed by atoms with E-state index in [1.807, 2.05) is 0 Å². The van der Waals surface area contributed by atoms with Gasteiger partial charge in [-0.25, -0.2) is 8.78 Å². The lowest BCUT2D eigenvalue weighted by Crippen LogP contribution is -2.26. The number of hydrogen-bond donors (Lipinski definition) is 1. The Balaban J connectivity index is 2.50. The van der Waals surface area contributed by atoms with Crippen molar-refractivity contribution in [3.63, 3.8) is 0 Å². The number of halogens is 3. The fourth-order valence-corrected chi connectivity index (χ4v) is 2.91. The van der Waals surface area contributed by atoms with Crippen molar-refractivity contribution in [2.75, 3.05) is 7.11 Å². The highest BCUT2D eigenvalue weighted by Gasteiger charge is 2.79. The van der Waals surface area contributed by atoms with Crippen molar-refractivity contribution in [1.82, 2.24) is 4.98 Å². The monoisotopic (exact) mass is 269 g/mol. The maximum Gasteiger partial charge on any atom is 0.321 e. The number of methoxy groups -OCH3 is 1. The van der Waals surface area contributed by atoms with Crippen LogP contribution in [0.5, 0.6) is 5.19 Å². The molecular weight excluding hydrogens is 264 g/mol. The number of carbonyl (C=O) groups is 1. The highest BCUT2D eigenvalue weighted by atomic mass is 35.5. The van der Waals surface area contributed by atoms with E-state index in [0.717, 1.165) is 11.3 Å². The number of nitrogens with zero attached hydrogens (tertiary/aromatic N) is 1. The van der Waals surface area contributed by atoms with E-state index in [2.05, 4.69) is 4.98 Å². The summed E-state index contributed by atoms with van der Waals surface area (Å²) in [5.74, 6) is -4.87. The van der Waals surface area contributed by atoms with Crippen molar-refractivity contribution in [1.29, 1.82) is 0 Å². The number of carboxylic acids is 1. The van der Waals surface area contributed by atoms with E-state index in [0.29, 0.717) is 0 Å². The van der Waals surface area contributed by atoms with Gasteiger partial charge in [0, 0.05) is 6.42 Å². The van der Waals surface area contributed by atoms with E-state index in [1.165, 1.54) is 7.11 Å². The minimum absolute atomic E-state index is 0.0725. The van der Waals surface area contributed by atoms with Gasteiger partial charge in [0.15, 0.2) is 5.41 Å². The van der Waals surface area contributed by atoms with E-state index in [9.17, 15) is 13.6 Å². The predicted molar refractivity (Wildman–Crippen MR) is 52.6 cm³/mol. The van der Waals surface area contributed by atoms with E-state index in [-0.39, 0.29) is 15.2 Å². The molecule has 0 aliphatic heterocycles. The average molecular weight is 270 g/mol. The van der Waals surface area contributed by atoms with Crippen LogP contribution in [0.3, 0.4) is 0 Å². The lowest BCUT2D eigenvalue weighted by Gasteiger charge is -2.08. The van der Waals surface area contributed by atoms with Crippen LogP contribution < -0.4 is 4.74 Å². The first-order chi connectivity index (χ1) is 7.35. The van der Waals surface area contributed by atoms with E-state index in [4.69, 9.17) is 21.4 Å². The number of ether oxygens (including phenoxy) is 1. The second kappa shape index (κ2) is 3.27. The molecule has 1 atom stereocenters. The van der Waals surface area contributed by atoms with Crippen LogP contribution in [0.4, 0.5) is 8.78 Å². The van der Waals surface area contributed by atoms with Crippen molar-refractivity contribution in [2.24, 2.45) is 0 Å². The number of carboxylic acid groups (broad SMARTS) is 1. The Bertz CT molecular complexity index is 464. The summed E-state index contributed by atoms with van der Waals surface area (Å²) in [5.41, 5.74) is -2.22. The highest BCUT2D eigenvalue weighted by molar-refractivity contribution is 7.14. The van der Waals surface area contributed by atoms with Crippen LogP contribution in [-0.2, 0) is 10.2 Å². The summed E-state index contributed by atoms with van der Waals surface area (Å²) < 4.78 is 31.1. The van der Waals surface area contributed by atoms with Gasteiger partial charge in [-0.15, -0.1) is 0 Å². The quantitative estimate of drug-likeness (QED) is 0.914. The van der Waals surface area contributed by atoms with Gasteiger partial charge in [-0.05, 0) is 0 Å². The van der Waals surface area contributed by atoms with Gasteiger partial charge >= 0.3 is 5.97 Å². The first-order valence-corrected chi connectivity index (χ1v) is 5.36. The Morgan fingerprint density at radius 2 is 2.25 bits per heavy atom. The second-order valence-electron chi connectivity index (χ2n) is 3.40. The number of hydrogen-bond acceptors (Lipinski definition) is 4. The van der Waals surface area contributed by atoms with Gasteiger partial charge in [-0.3, -0.25) is 4.79 Å². The Morgan fingerprint density at radius 3 is 2.56 bits per heavy atom. The molecule has 1 fully saturated rings. The molecule has 0 aromatic carbocycles. The number of rotatable bonds is 3. The molecule has 16 heavy (non-hydrogen) atoms. The SMILES string of the molecule is COc1nc(Cl)c(C2(C(=O)O)CC2(F)F)s1. The third kappa shape index (κ3) is 1.31. The van der Waals surface area contributed by atoms with Crippen LogP contribution in [0, 0.1) is 0 Å². The zero-order valence-corrected chi connectivity index (χ0v) is 9.53. The van der Waals surface area contributed by atoms with Gasteiger partial charge < -0.3 is 9.84 Å². The lowest BCUT2D eigenvalue weighted by molar-refractivity contribution is -0.142. The summed E-state index contributed by atoms with van der Waals surface area (Å²) in [6.45, 7) is 0. The van der Waals surface area contributed by atoms with E-state index < -0.39 is 23.7 Å². The Kier molecular flexibility index (Phi) is 2.36. The Morgan fingerprint density at radius 1 is 1.69 bits per heavy atom. The van der Waals surface area contributed by atoms with Gasteiger partial charge in [0.05, 0.1) is 12.0 Å². The number of alkyl halides is 2. The van der Waals surface area contributed by atoms with Gasteiger partial charge in [-0.2, -0.15) is 4.98 Å². The molecule has 0 saturated heterocycles. The molecule has 1 aliphatic carbocycles. The molecule has 1 aliphatic rings. The van der Waals surface area contributed by atoms with Crippen molar-refractivity contribution in [2.45, 2.75) is 17.8 Å². The van der Waals surface area contributed by atoms with Crippen LogP contribution in [0.25, 0.3) is 0 Å². The summed E-state index contributed by atoms with van der Waals surface area (Å²) >= 11 is 6.38. The molecular formula is C8H6ClF2NO3S. The molecule has 0 bridgehead atoms. The molecule has 0 spiro atoms. The topological polar surface area (TPSA) is 59.4 Å². The van der Waals surface area contributed by atoms with Crippen LogP contribution in [0.15, 0.2) is 0 Å². The van der Waals surface area contributed by atoms with Crippen LogP contribution >= 0.6 is 22.9 Å². The maximum atomic E-state index is 13.2. The van der Waals surface area contributed by atoms with Gasteiger partial charge in [-0.1, -0.05) is 22.9 Å². The lowest BCUT2D eigenvalue weighted by atomic mass is 10.1. The Hall–Kier alpha value is -0.950. The minimum Gasteiger partial charge on any atom is -0.480 e. The number of aliphatic carboxylic acids is 1. The van der Waals surface area contributed by atoms with Gasteiger partial charge in [0.25, 0.3) is 11.1 Å². The first kappa shape index (κ1) is 11.5. The van der Waals surface area contributed by atoms with Crippen molar-refractivity contribution in [3.05, 3.63) is 10.0 Å². The molecule has 8 heteroatoms. The van der Waals surface area contributed by atoms with Crippen molar-refractivity contribution >= 4 is 28.9 Å². The molecule has 2 rings (SSSR count). The predicted octanol–water partition coefficient (Wildman–Crippen LogP) is 2.17. The molecule has 4 nitrogen and oxygen atoms in total. The third-order valence-electron chi connectivity index (χ3n) is 2.48. The summed E-state index contributed by atoms with van der Waals surface area (Å²) in [5, 5.41) is 8.74. The minimum atomic E-state index is -3.28. The fraction of sp³-hybridized carbons (Fsp3) is 0.500. The molecule has 88 valence electrons. The summed E-state index contributed by atoms with van der Waals surface area (Å²) in [6.07, 6.45) is -0.750. The molecule has 1 aromatic rings. The molecule has 1 heterocycles. The summed E-state index contributed by atoms with van der Waals surface area (Å²) in [7, 11) is 1.30. The third-order valence-corrected chi connectivity index (χ3v) is 4.04. The van der Waals surface area contributed by atoms with Crippen LogP contribution in [0.1, 0.15) is 11.3 Å². The molecule has 1 aromatic heterocycles. The number of aromatic nitrogens is 1. The van der Waals surface area contributed by atoms with E-state index in [1.54, 1.807) is 0 Å². The van der Waals surface area contributed by atoms with Gasteiger partial charge in [0.2, 0.25) is 0 Å². The van der Waals surface area contributed by atoms with Gasteiger partial charge in [0.1, 0.15) is 5.15 Å². The Labute approximate surface area is 97.8 Å². The zero-order valence-electron chi connectivity index (χ0n) is 7.96. The standard InChI is InChI=1S/C8H6ClF2NO3S/c1-15-6-12-4(9)3(16-6)7(5(13)14)2-8(7,10)11/h2H2,1H3,(H,13,14). The average Bonchev–Trinajstić information content (AvgIpc) is 2.59. The largest absolute Gasteiger partial charge is 0.480 e. The van der Waals surface area contributed by atoms with Crippen molar-refractivity contribution < 1.29 is 23.4 Å². The normalized spacial score (nSPS) is 26.5. The van der Waals surface area contributed by atoms with Crippen LogP contribution in [-0.4, -0.2) is 29.1 Å². The maximum absolute atomic E-state index is 13.2.